The molecule has 0 spiro atoms. The van der Waals surface area contributed by atoms with Crippen LogP contribution in [0.1, 0.15) is 69.3 Å². The zero-order valence-corrected chi connectivity index (χ0v) is 20.2. The summed E-state index contributed by atoms with van der Waals surface area (Å²) in [4.78, 5) is 31.9. The second-order valence-electron chi connectivity index (χ2n) is 10.8. The van der Waals surface area contributed by atoms with Crippen LogP contribution >= 0.6 is 0 Å². The van der Waals surface area contributed by atoms with Crippen LogP contribution in [0.15, 0.2) is 12.1 Å². The van der Waals surface area contributed by atoms with Crippen LogP contribution in [0.5, 0.6) is 5.75 Å². The Kier molecular flexibility index (Phi) is 5.67. The van der Waals surface area contributed by atoms with Crippen LogP contribution in [0.4, 0.5) is 10.5 Å². The lowest BCUT2D eigenvalue weighted by Crippen LogP contribution is -2.54. The third-order valence-electron chi connectivity index (χ3n) is 7.29. The quantitative estimate of drug-likeness (QED) is 0.732. The van der Waals surface area contributed by atoms with Gasteiger partial charge < -0.3 is 24.6 Å². The predicted molar refractivity (Wildman–Crippen MR) is 125 cm³/mol. The number of carbonyl (C=O) groups is 2. The van der Waals surface area contributed by atoms with Crippen LogP contribution in [-0.2, 0) is 11.3 Å². The predicted octanol–water partition coefficient (Wildman–Crippen LogP) is 3.66. The topological polar surface area (TPSA) is 74.4 Å². The Morgan fingerprint density at radius 3 is 2.39 bits per heavy atom. The van der Waals surface area contributed by atoms with E-state index >= 15 is 0 Å². The van der Waals surface area contributed by atoms with Crippen molar-refractivity contribution in [2.24, 2.45) is 0 Å². The Morgan fingerprint density at radius 1 is 1.06 bits per heavy atom. The summed E-state index contributed by atoms with van der Waals surface area (Å²) in [6, 6.07) is 4.83. The fourth-order valence-electron chi connectivity index (χ4n) is 5.64. The number of carbonyl (C=O) groups excluding carboxylic acids is 2. The number of ether oxygens (including phenoxy) is 2. The molecule has 0 aromatic heterocycles. The number of rotatable bonds is 2. The molecule has 3 aliphatic heterocycles. The Balaban J connectivity index is 1.12. The third-order valence-corrected chi connectivity index (χ3v) is 7.29. The van der Waals surface area contributed by atoms with Gasteiger partial charge in [0.15, 0.2) is 6.23 Å². The molecule has 180 valence electrons. The number of amides is 2. The molecule has 3 heterocycles. The molecule has 1 aromatic rings. The summed E-state index contributed by atoms with van der Waals surface area (Å²) in [6.07, 6.45) is 3.99. The van der Waals surface area contributed by atoms with Gasteiger partial charge in [-0.15, -0.1) is 0 Å². The zero-order valence-electron chi connectivity index (χ0n) is 20.2. The monoisotopic (exact) mass is 456 g/mol. The van der Waals surface area contributed by atoms with Crippen molar-refractivity contribution < 1.29 is 19.1 Å². The van der Waals surface area contributed by atoms with Crippen molar-refractivity contribution in [3.05, 3.63) is 23.3 Å². The van der Waals surface area contributed by atoms with E-state index in [0.29, 0.717) is 31.7 Å². The standard InChI is InChI=1S/C25H36N4O4/c1-16-26-21-13-17-15-29(23(30)20(17)14-22(21)32-16)19-7-5-18(6-8-19)27-9-11-28(12-10-27)24(31)33-25(2,3)4/h13-14,16,18-19,26H,5-12,15H2,1-4H3. The van der Waals surface area contributed by atoms with Gasteiger partial charge in [0.25, 0.3) is 5.91 Å². The van der Waals surface area contributed by atoms with E-state index < -0.39 is 5.60 Å². The first kappa shape index (κ1) is 22.3. The van der Waals surface area contributed by atoms with Gasteiger partial charge in [0.05, 0.1) is 5.69 Å². The number of nitrogens with one attached hydrogen (secondary N) is 1. The smallest absolute Gasteiger partial charge is 0.410 e. The second-order valence-corrected chi connectivity index (χ2v) is 10.8. The van der Waals surface area contributed by atoms with E-state index in [2.05, 4.69) is 21.2 Å². The number of fused-ring (bicyclic) bond motifs is 2. The van der Waals surface area contributed by atoms with E-state index in [0.717, 1.165) is 61.3 Å². The number of anilines is 1. The van der Waals surface area contributed by atoms with E-state index in [1.807, 2.05) is 38.7 Å². The fourth-order valence-corrected chi connectivity index (χ4v) is 5.64. The molecule has 5 rings (SSSR count). The molecule has 1 aliphatic carbocycles. The van der Waals surface area contributed by atoms with Crippen molar-refractivity contribution in [3.63, 3.8) is 0 Å². The minimum Gasteiger partial charge on any atom is -0.469 e. The normalized spacial score (nSPS) is 27.6. The first-order chi connectivity index (χ1) is 15.7. The second kappa shape index (κ2) is 8.38. The van der Waals surface area contributed by atoms with E-state index in [9.17, 15) is 9.59 Å². The largest absolute Gasteiger partial charge is 0.469 e. The number of hydrogen-bond donors (Lipinski definition) is 1. The number of piperazine rings is 1. The van der Waals surface area contributed by atoms with Gasteiger partial charge in [-0.1, -0.05) is 0 Å². The summed E-state index contributed by atoms with van der Waals surface area (Å²) in [5.41, 5.74) is 2.43. The molecule has 1 saturated carbocycles. The minimum absolute atomic E-state index is 0.0463. The first-order valence-corrected chi connectivity index (χ1v) is 12.3. The molecular weight excluding hydrogens is 420 g/mol. The maximum absolute atomic E-state index is 13.1. The molecule has 4 aliphatic rings. The van der Waals surface area contributed by atoms with Gasteiger partial charge in [-0.25, -0.2) is 4.79 Å². The van der Waals surface area contributed by atoms with Crippen molar-refractivity contribution in [2.75, 3.05) is 31.5 Å². The highest BCUT2D eigenvalue weighted by Crippen LogP contribution is 2.39. The average molecular weight is 457 g/mol. The van der Waals surface area contributed by atoms with Gasteiger partial charge in [-0.05, 0) is 71.1 Å². The molecule has 8 heteroatoms. The molecule has 1 saturated heterocycles. The van der Waals surface area contributed by atoms with Gasteiger partial charge in [-0.3, -0.25) is 9.69 Å². The minimum atomic E-state index is -0.457. The van der Waals surface area contributed by atoms with Crippen LogP contribution in [0, 0.1) is 0 Å². The van der Waals surface area contributed by atoms with Crippen molar-refractivity contribution in [1.29, 1.82) is 0 Å². The molecular formula is C25H36N4O4. The van der Waals surface area contributed by atoms with E-state index in [4.69, 9.17) is 9.47 Å². The highest BCUT2D eigenvalue weighted by Gasteiger charge is 2.38. The Hall–Kier alpha value is -2.48. The Labute approximate surface area is 196 Å². The van der Waals surface area contributed by atoms with E-state index in [1.54, 1.807) is 0 Å². The maximum atomic E-state index is 13.1. The molecule has 1 N–H and O–H groups in total. The highest BCUT2D eigenvalue weighted by molar-refractivity contribution is 6.00. The summed E-state index contributed by atoms with van der Waals surface area (Å²) in [7, 11) is 0. The SMILES string of the molecule is CC1Nc2cc3c(cc2O1)C(=O)N(C1CCC(N2CCN(C(=O)OC(C)(C)C)CC2)CC1)C3. The van der Waals surface area contributed by atoms with Crippen molar-refractivity contribution in [1.82, 2.24) is 14.7 Å². The molecule has 8 nitrogen and oxygen atoms in total. The summed E-state index contributed by atoms with van der Waals surface area (Å²) in [5, 5.41) is 3.31. The number of nitrogens with zero attached hydrogens (tertiary/aromatic N) is 3. The molecule has 0 bridgehead atoms. The van der Waals surface area contributed by atoms with Crippen LogP contribution < -0.4 is 10.1 Å². The summed E-state index contributed by atoms with van der Waals surface area (Å²) in [6.45, 7) is 11.6. The molecule has 33 heavy (non-hydrogen) atoms. The fraction of sp³-hybridized carbons (Fsp3) is 0.680. The summed E-state index contributed by atoms with van der Waals surface area (Å²) >= 11 is 0. The Morgan fingerprint density at radius 2 is 1.73 bits per heavy atom. The number of benzene rings is 1. The average Bonchev–Trinajstić information content (AvgIpc) is 3.29. The molecule has 2 amide bonds. The lowest BCUT2D eigenvalue weighted by Gasteiger charge is -2.43. The van der Waals surface area contributed by atoms with Crippen LogP contribution in [0.2, 0.25) is 0 Å². The molecule has 1 unspecified atom stereocenters. The van der Waals surface area contributed by atoms with Gasteiger partial charge >= 0.3 is 6.09 Å². The molecule has 2 fully saturated rings. The highest BCUT2D eigenvalue weighted by atomic mass is 16.6. The number of hydrogen-bond acceptors (Lipinski definition) is 6. The van der Waals surface area contributed by atoms with Crippen LogP contribution in [0.3, 0.4) is 0 Å². The van der Waals surface area contributed by atoms with Crippen molar-refractivity contribution >= 4 is 17.7 Å². The zero-order chi connectivity index (χ0) is 23.3. The third kappa shape index (κ3) is 4.50. The molecule has 0 radical (unpaired) electrons. The van der Waals surface area contributed by atoms with Crippen molar-refractivity contribution in [2.45, 2.75) is 83.8 Å². The van der Waals surface area contributed by atoms with E-state index in [-0.39, 0.29) is 18.2 Å². The molecule has 1 aromatic carbocycles. The van der Waals surface area contributed by atoms with Gasteiger partial charge in [-0.2, -0.15) is 0 Å². The van der Waals surface area contributed by atoms with Gasteiger partial charge in [0.2, 0.25) is 0 Å². The summed E-state index contributed by atoms with van der Waals surface area (Å²) < 4.78 is 11.3. The Bertz CT molecular complexity index is 927. The van der Waals surface area contributed by atoms with Gasteiger partial charge in [0.1, 0.15) is 11.4 Å². The van der Waals surface area contributed by atoms with Crippen LogP contribution in [-0.4, -0.2) is 76.8 Å². The lowest BCUT2D eigenvalue weighted by molar-refractivity contribution is 0.00614. The summed E-state index contributed by atoms with van der Waals surface area (Å²) in [5.74, 6) is 0.927. The maximum Gasteiger partial charge on any atom is 0.410 e. The molecule has 1 atom stereocenters. The van der Waals surface area contributed by atoms with Crippen LogP contribution in [0.25, 0.3) is 0 Å². The lowest BCUT2D eigenvalue weighted by atomic mass is 9.89. The van der Waals surface area contributed by atoms with Crippen molar-refractivity contribution in [3.8, 4) is 5.75 Å². The van der Waals surface area contributed by atoms with E-state index in [1.165, 1.54) is 0 Å². The van der Waals surface area contributed by atoms with Gasteiger partial charge in [0, 0.05) is 50.4 Å². The first-order valence-electron chi connectivity index (χ1n) is 12.3.